The fraction of sp³-hybridized carbons (Fsp3) is 0.875. The minimum atomic E-state index is -0.306. The van der Waals surface area contributed by atoms with E-state index in [4.69, 9.17) is 0 Å². The Morgan fingerprint density at radius 2 is 1.70 bits per heavy atom. The molecular formula is C16H28N2O2. The van der Waals surface area contributed by atoms with E-state index in [-0.39, 0.29) is 29.9 Å². The van der Waals surface area contributed by atoms with Crippen LogP contribution in [-0.2, 0) is 9.59 Å². The molecule has 2 fully saturated rings. The number of carbonyl (C=O) groups excluding carboxylic acids is 2. The number of carbonyl (C=O) groups is 2. The zero-order valence-electron chi connectivity index (χ0n) is 12.9. The SMILES string of the molecule is CCCC1NC(=O)C(C)N(C2CCCCCCC2)C1=O. The van der Waals surface area contributed by atoms with Crippen LogP contribution in [0.15, 0.2) is 0 Å². The summed E-state index contributed by atoms with van der Waals surface area (Å²) in [6.45, 7) is 3.92. The molecule has 20 heavy (non-hydrogen) atoms. The maximum absolute atomic E-state index is 12.7. The summed E-state index contributed by atoms with van der Waals surface area (Å²) >= 11 is 0. The highest BCUT2D eigenvalue weighted by molar-refractivity contribution is 5.96. The van der Waals surface area contributed by atoms with Crippen LogP contribution in [-0.4, -0.2) is 34.8 Å². The molecule has 114 valence electrons. The van der Waals surface area contributed by atoms with E-state index in [1.54, 1.807) is 0 Å². The van der Waals surface area contributed by atoms with Gasteiger partial charge in [-0.05, 0) is 26.2 Å². The molecule has 4 nitrogen and oxygen atoms in total. The van der Waals surface area contributed by atoms with Gasteiger partial charge in [-0.1, -0.05) is 45.4 Å². The fourth-order valence-electron chi connectivity index (χ4n) is 3.54. The van der Waals surface area contributed by atoms with Crippen LogP contribution in [0.5, 0.6) is 0 Å². The Hall–Kier alpha value is -1.06. The van der Waals surface area contributed by atoms with Crippen molar-refractivity contribution in [2.45, 2.75) is 89.8 Å². The molecule has 0 spiro atoms. The summed E-state index contributed by atoms with van der Waals surface area (Å²) in [6.07, 6.45) is 9.99. The zero-order valence-corrected chi connectivity index (χ0v) is 12.9. The van der Waals surface area contributed by atoms with E-state index < -0.39 is 0 Å². The van der Waals surface area contributed by atoms with Crippen molar-refractivity contribution < 1.29 is 9.59 Å². The van der Waals surface area contributed by atoms with Crippen molar-refractivity contribution in [1.29, 1.82) is 0 Å². The molecule has 0 aromatic carbocycles. The van der Waals surface area contributed by atoms with Gasteiger partial charge in [-0.15, -0.1) is 0 Å². The lowest BCUT2D eigenvalue weighted by atomic mass is 9.92. The van der Waals surface area contributed by atoms with Gasteiger partial charge in [0.05, 0.1) is 0 Å². The van der Waals surface area contributed by atoms with E-state index in [0.717, 1.165) is 25.7 Å². The van der Waals surface area contributed by atoms with Gasteiger partial charge in [0.15, 0.2) is 0 Å². The van der Waals surface area contributed by atoms with E-state index in [2.05, 4.69) is 12.2 Å². The van der Waals surface area contributed by atoms with Gasteiger partial charge >= 0.3 is 0 Å². The van der Waals surface area contributed by atoms with Crippen LogP contribution in [0.1, 0.15) is 71.6 Å². The number of hydrogen-bond donors (Lipinski definition) is 1. The molecule has 2 rings (SSSR count). The molecule has 0 aromatic heterocycles. The number of rotatable bonds is 3. The standard InChI is InChI=1S/C16H28N2O2/c1-3-9-14-16(20)18(12(2)15(19)17-14)13-10-7-5-4-6-8-11-13/h12-14H,3-11H2,1-2H3,(H,17,19). The Bertz CT molecular complexity index is 348. The summed E-state index contributed by atoms with van der Waals surface area (Å²) in [5.41, 5.74) is 0. The second kappa shape index (κ2) is 7.09. The van der Waals surface area contributed by atoms with Gasteiger partial charge in [-0.3, -0.25) is 9.59 Å². The second-order valence-corrected chi connectivity index (χ2v) is 6.27. The zero-order chi connectivity index (χ0) is 14.5. The molecule has 2 aliphatic rings. The monoisotopic (exact) mass is 280 g/mol. The van der Waals surface area contributed by atoms with Crippen LogP contribution in [0.25, 0.3) is 0 Å². The van der Waals surface area contributed by atoms with Gasteiger partial charge in [0.25, 0.3) is 0 Å². The molecule has 0 radical (unpaired) electrons. The lowest BCUT2D eigenvalue weighted by molar-refractivity contribution is -0.152. The van der Waals surface area contributed by atoms with E-state index in [1.807, 2.05) is 11.8 Å². The molecule has 1 aliphatic carbocycles. The third kappa shape index (κ3) is 3.33. The molecule has 0 aromatic rings. The number of amides is 2. The summed E-state index contributed by atoms with van der Waals surface area (Å²) in [7, 11) is 0. The number of hydrogen-bond acceptors (Lipinski definition) is 2. The maximum atomic E-state index is 12.7. The minimum Gasteiger partial charge on any atom is -0.343 e. The normalized spacial score (nSPS) is 29.8. The quantitative estimate of drug-likeness (QED) is 0.864. The van der Waals surface area contributed by atoms with Crippen LogP contribution in [0, 0.1) is 0 Å². The molecule has 2 unspecified atom stereocenters. The number of nitrogens with zero attached hydrogens (tertiary/aromatic N) is 1. The van der Waals surface area contributed by atoms with Gasteiger partial charge in [-0.25, -0.2) is 0 Å². The maximum Gasteiger partial charge on any atom is 0.246 e. The van der Waals surface area contributed by atoms with Crippen molar-refractivity contribution >= 4 is 11.8 Å². The molecular weight excluding hydrogens is 252 g/mol. The first-order valence-corrected chi connectivity index (χ1v) is 8.27. The third-order valence-electron chi connectivity index (χ3n) is 4.71. The summed E-state index contributed by atoms with van der Waals surface area (Å²) < 4.78 is 0. The molecule has 1 saturated heterocycles. The highest BCUT2D eigenvalue weighted by Crippen LogP contribution is 2.26. The summed E-state index contributed by atoms with van der Waals surface area (Å²) in [5.74, 6) is 0.162. The molecule has 2 amide bonds. The van der Waals surface area contributed by atoms with Gasteiger partial charge < -0.3 is 10.2 Å². The van der Waals surface area contributed by atoms with Gasteiger partial charge in [-0.2, -0.15) is 0 Å². The fourth-order valence-corrected chi connectivity index (χ4v) is 3.54. The second-order valence-electron chi connectivity index (χ2n) is 6.27. The average molecular weight is 280 g/mol. The Balaban J connectivity index is 2.12. The lowest BCUT2D eigenvalue weighted by Crippen LogP contribution is -2.64. The topological polar surface area (TPSA) is 49.4 Å². The van der Waals surface area contributed by atoms with Crippen LogP contribution >= 0.6 is 0 Å². The minimum absolute atomic E-state index is 0.0186. The first kappa shape index (κ1) is 15.3. The smallest absolute Gasteiger partial charge is 0.246 e. The Morgan fingerprint density at radius 3 is 2.30 bits per heavy atom. The van der Waals surface area contributed by atoms with Gasteiger partial charge in [0, 0.05) is 6.04 Å². The Kier molecular flexibility index (Phi) is 5.44. The summed E-state index contributed by atoms with van der Waals surface area (Å²) in [6, 6.07) is -0.336. The molecule has 2 atom stereocenters. The van der Waals surface area contributed by atoms with Crippen molar-refractivity contribution in [1.82, 2.24) is 10.2 Å². The van der Waals surface area contributed by atoms with Crippen molar-refractivity contribution in [2.75, 3.05) is 0 Å². The summed E-state index contributed by atoms with van der Waals surface area (Å²) in [5, 5.41) is 2.88. The molecule has 0 bridgehead atoms. The van der Waals surface area contributed by atoms with E-state index >= 15 is 0 Å². The van der Waals surface area contributed by atoms with Crippen molar-refractivity contribution in [3.05, 3.63) is 0 Å². The third-order valence-corrected chi connectivity index (χ3v) is 4.71. The summed E-state index contributed by atoms with van der Waals surface area (Å²) in [4.78, 5) is 26.7. The van der Waals surface area contributed by atoms with Crippen molar-refractivity contribution in [3.8, 4) is 0 Å². The largest absolute Gasteiger partial charge is 0.343 e. The van der Waals surface area contributed by atoms with E-state index in [9.17, 15) is 9.59 Å². The van der Waals surface area contributed by atoms with Crippen LogP contribution < -0.4 is 5.32 Å². The molecule has 4 heteroatoms. The van der Waals surface area contributed by atoms with Gasteiger partial charge in [0.2, 0.25) is 11.8 Å². The van der Waals surface area contributed by atoms with E-state index in [0.29, 0.717) is 0 Å². The Morgan fingerprint density at radius 1 is 1.10 bits per heavy atom. The highest BCUT2D eigenvalue weighted by Gasteiger charge is 2.40. The molecule has 1 aliphatic heterocycles. The van der Waals surface area contributed by atoms with E-state index in [1.165, 1.54) is 32.1 Å². The Labute approximate surface area is 122 Å². The van der Waals surface area contributed by atoms with Gasteiger partial charge in [0.1, 0.15) is 12.1 Å². The average Bonchev–Trinajstić information content (AvgIpc) is 2.38. The lowest BCUT2D eigenvalue weighted by Gasteiger charge is -2.42. The van der Waals surface area contributed by atoms with Crippen LogP contribution in [0.2, 0.25) is 0 Å². The van der Waals surface area contributed by atoms with Crippen molar-refractivity contribution in [2.24, 2.45) is 0 Å². The molecule has 1 heterocycles. The van der Waals surface area contributed by atoms with Crippen LogP contribution in [0.3, 0.4) is 0 Å². The number of piperazine rings is 1. The first-order valence-electron chi connectivity index (χ1n) is 8.27. The molecule has 1 N–H and O–H groups in total. The predicted octanol–water partition coefficient (Wildman–Crippen LogP) is 2.61. The first-order chi connectivity index (χ1) is 9.65. The van der Waals surface area contributed by atoms with Crippen LogP contribution in [0.4, 0.5) is 0 Å². The van der Waals surface area contributed by atoms with Crippen molar-refractivity contribution in [3.63, 3.8) is 0 Å². The predicted molar refractivity (Wildman–Crippen MR) is 79.3 cm³/mol. The molecule has 1 saturated carbocycles. The highest BCUT2D eigenvalue weighted by atomic mass is 16.2. The number of nitrogens with one attached hydrogen (secondary N) is 1.